The minimum Gasteiger partial charge on any atom is -0.495 e. The van der Waals surface area contributed by atoms with Gasteiger partial charge in [-0.3, -0.25) is 4.79 Å². The number of hydrogen-bond donors (Lipinski definition) is 4. The van der Waals surface area contributed by atoms with Crippen LogP contribution in [0.4, 0.5) is 0 Å². The van der Waals surface area contributed by atoms with Crippen LogP contribution in [0.25, 0.3) is 0 Å². The van der Waals surface area contributed by atoms with E-state index in [1.165, 1.54) is 7.11 Å². The van der Waals surface area contributed by atoms with Gasteiger partial charge >= 0.3 is 0 Å². The molecule has 0 radical (unpaired) electrons. The molecule has 1 heterocycles. The molecule has 34 heavy (non-hydrogen) atoms. The molecule has 1 aromatic rings. The van der Waals surface area contributed by atoms with Gasteiger partial charge in [0.05, 0.1) is 37.7 Å². The highest BCUT2D eigenvalue weighted by Gasteiger charge is 2.50. The SMILES string of the molecule is COC1=C(Br)C(O)C2(C=C1Br)CC(C(=O)NCCCOc1c(Br)cc(C(O)CN)cc1Br)=NO2. The second kappa shape index (κ2) is 11.8. The van der Waals surface area contributed by atoms with E-state index in [0.717, 1.165) is 0 Å². The van der Waals surface area contributed by atoms with E-state index < -0.39 is 17.8 Å². The summed E-state index contributed by atoms with van der Waals surface area (Å²) in [5.74, 6) is 0.657. The largest absolute Gasteiger partial charge is 0.495 e. The molecular weight excluding hydrogens is 710 g/mol. The molecule has 13 heteroatoms. The quantitative estimate of drug-likeness (QED) is 0.286. The number of nitrogens with one attached hydrogen (secondary N) is 1. The van der Waals surface area contributed by atoms with Crippen LogP contribution in [0.2, 0.25) is 0 Å². The number of oxime groups is 1. The molecule has 186 valence electrons. The summed E-state index contributed by atoms with van der Waals surface area (Å²) in [6.45, 7) is 0.809. The average Bonchev–Trinajstić information content (AvgIpc) is 3.23. The Hall–Kier alpha value is -0.960. The maximum absolute atomic E-state index is 12.6. The number of aliphatic hydroxyl groups excluding tert-OH is 2. The Kier molecular flexibility index (Phi) is 9.63. The smallest absolute Gasteiger partial charge is 0.269 e. The average molecular weight is 733 g/mol. The third kappa shape index (κ3) is 5.88. The summed E-state index contributed by atoms with van der Waals surface area (Å²) in [5, 5.41) is 27.3. The van der Waals surface area contributed by atoms with E-state index >= 15 is 0 Å². The molecule has 1 spiro atoms. The molecule has 3 atom stereocenters. The van der Waals surface area contributed by atoms with Crippen LogP contribution in [0.5, 0.6) is 5.75 Å². The van der Waals surface area contributed by atoms with E-state index in [0.29, 0.717) is 54.6 Å². The number of halogens is 4. The number of methoxy groups -OCH3 is 1. The van der Waals surface area contributed by atoms with E-state index in [2.05, 4.69) is 74.2 Å². The fourth-order valence-corrected chi connectivity index (χ4v) is 6.66. The van der Waals surface area contributed by atoms with Crippen LogP contribution >= 0.6 is 63.7 Å². The van der Waals surface area contributed by atoms with Gasteiger partial charge in [0.2, 0.25) is 0 Å². The highest BCUT2D eigenvalue weighted by atomic mass is 79.9. The van der Waals surface area contributed by atoms with Crippen molar-refractivity contribution in [1.29, 1.82) is 0 Å². The van der Waals surface area contributed by atoms with Gasteiger partial charge in [0, 0.05) is 19.5 Å². The van der Waals surface area contributed by atoms with Crippen LogP contribution in [-0.4, -0.2) is 60.3 Å². The summed E-state index contributed by atoms with van der Waals surface area (Å²) in [4.78, 5) is 18.1. The zero-order valence-electron chi connectivity index (χ0n) is 18.0. The number of nitrogens with zero attached hydrogens (tertiary/aromatic N) is 1. The third-order valence-corrected chi connectivity index (χ3v) is 7.79. The molecule has 9 nitrogen and oxygen atoms in total. The number of amides is 1. The molecule has 2 aliphatic rings. The minimum absolute atomic E-state index is 0.0958. The summed E-state index contributed by atoms with van der Waals surface area (Å²) in [6.07, 6.45) is 0.436. The summed E-state index contributed by atoms with van der Waals surface area (Å²) in [5.41, 5.74) is 5.16. The molecule has 3 unspecified atom stereocenters. The summed E-state index contributed by atoms with van der Waals surface area (Å²) >= 11 is 13.6. The zero-order chi connectivity index (χ0) is 25.0. The molecule has 0 aromatic heterocycles. The van der Waals surface area contributed by atoms with Gasteiger partial charge in [-0.1, -0.05) is 5.16 Å². The molecule has 1 aliphatic carbocycles. The van der Waals surface area contributed by atoms with Gasteiger partial charge in [-0.15, -0.1) is 0 Å². The predicted molar refractivity (Wildman–Crippen MR) is 141 cm³/mol. The van der Waals surface area contributed by atoms with Gasteiger partial charge < -0.3 is 35.6 Å². The van der Waals surface area contributed by atoms with Gasteiger partial charge in [0.25, 0.3) is 5.91 Å². The zero-order valence-corrected chi connectivity index (χ0v) is 24.3. The van der Waals surface area contributed by atoms with Crippen LogP contribution < -0.4 is 15.8 Å². The van der Waals surface area contributed by atoms with Crippen molar-refractivity contribution in [1.82, 2.24) is 5.32 Å². The lowest BCUT2D eigenvalue weighted by Gasteiger charge is -2.33. The number of aliphatic hydroxyl groups is 2. The van der Waals surface area contributed by atoms with Crippen molar-refractivity contribution >= 4 is 75.3 Å². The Morgan fingerprint density at radius 3 is 2.65 bits per heavy atom. The topological polar surface area (TPSA) is 136 Å². The van der Waals surface area contributed by atoms with Crippen molar-refractivity contribution < 1.29 is 29.3 Å². The normalized spacial score (nSPS) is 22.8. The van der Waals surface area contributed by atoms with Gasteiger partial charge in [0.15, 0.2) is 5.60 Å². The molecule has 1 aromatic carbocycles. The fraction of sp³-hybridized carbons (Fsp3) is 0.429. The molecule has 0 saturated heterocycles. The van der Waals surface area contributed by atoms with Crippen molar-refractivity contribution in [3.05, 3.63) is 47.4 Å². The van der Waals surface area contributed by atoms with E-state index in [9.17, 15) is 15.0 Å². The summed E-state index contributed by atoms with van der Waals surface area (Å²) in [6, 6.07) is 3.51. The maximum atomic E-state index is 12.6. The highest BCUT2D eigenvalue weighted by molar-refractivity contribution is 9.12. The Morgan fingerprint density at radius 2 is 2.03 bits per heavy atom. The number of ether oxygens (including phenoxy) is 2. The van der Waals surface area contributed by atoms with Crippen molar-refractivity contribution in [2.24, 2.45) is 10.9 Å². The number of hydrogen-bond acceptors (Lipinski definition) is 8. The number of rotatable bonds is 9. The number of allylic oxidation sites excluding steroid dienone is 1. The Bertz CT molecular complexity index is 1020. The van der Waals surface area contributed by atoms with Crippen LogP contribution in [-0.2, 0) is 14.4 Å². The molecule has 5 N–H and O–H groups in total. The molecule has 0 fully saturated rings. The molecule has 0 bridgehead atoms. The molecule has 1 amide bonds. The van der Waals surface area contributed by atoms with Crippen molar-refractivity contribution in [2.75, 3.05) is 26.8 Å². The lowest BCUT2D eigenvalue weighted by atomic mass is 9.87. The van der Waals surface area contributed by atoms with Crippen molar-refractivity contribution in [3.8, 4) is 5.75 Å². The van der Waals surface area contributed by atoms with Crippen LogP contribution in [0.3, 0.4) is 0 Å². The number of benzene rings is 1. The molecule has 0 saturated carbocycles. The molecular formula is C21H23Br4N3O6. The third-order valence-electron chi connectivity index (χ3n) is 5.23. The Morgan fingerprint density at radius 1 is 1.35 bits per heavy atom. The number of carbonyl (C=O) groups is 1. The van der Waals surface area contributed by atoms with Crippen LogP contribution in [0.15, 0.2) is 47.0 Å². The number of nitrogens with two attached hydrogens (primary N) is 1. The Balaban J connectivity index is 1.49. The summed E-state index contributed by atoms with van der Waals surface area (Å²) < 4.78 is 13.4. The maximum Gasteiger partial charge on any atom is 0.269 e. The monoisotopic (exact) mass is 729 g/mol. The van der Waals surface area contributed by atoms with Gasteiger partial charge in [-0.2, -0.15) is 0 Å². The van der Waals surface area contributed by atoms with E-state index in [1.807, 2.05) is 0 Å². The Labute approximate surface area is 230 Å². The van der Waals surface area contributed by atoms with E-state index in [1.54, 1.807) is 18.2 Å². The van der Waals surface area contributed by atoms with Gasteiger partial charge in [-0.05, 0) is 93.9 Å². The standard InChI is InChI=1S/C21H23Br4N3O6/c1-32-18-13(24)7-21(19(30)16(18)25)8-14(28-34-21)20(31)27-3-2-4-33-17-11(22)5-10(6-12(17)23)15(29)9-26/h5-7,15,19,29-30H,2-4,8-9,26H2,1H3,(H,27,31). The first-order valence-electron chi connectivity index (χ1n) is 10.2. The lowest BCUT2D eigenvalue weighted by Crippen LogP contribution is -2.45. The van der Waals surface area contributed by atoms with Crippen LogP contribution in [0, 0.1) is 0 Å². The minimum atomic E-state index is -1.20. The fourth-order valence-electron chi connectivity index (χ4n) is 3.41. The number of carbonyl (C=O) groups excluding carboxylic acids is 1. The second-order valence-electron chi connectivity index (χ2n) is 7.56. The first-order valence-corrected chi connectivity index (χ1v) is 13.3. The molecule has 1 aliphatic heterocycles. The first-order chi connectivity index (χ1) is 16.1. The van der Waals surface area contributed by atoms with Gasteiger partial charge in [0.1, 0.15) is 23.3 Å². The summed E-state index contributed by atoms with van der Waals surface area (Å²) in [7, 11) is 1.49. The van der Waals surface area contributed by atoms with E-state index in [-0.39, 0.29) is 24.6 Å². The van der Waals surface area contributed by atoms with E-state index in [4.69, 9.17) is 20.0 Å². The van der Waals surface area contributed by atoms with Crippen molar-refractivity contribution in [3.63, 3.8) is 0 Å². The highest BCUT2D eigenvalue weighted by Crippen LogP contribution is 2.44. The molecule has 3 rings (SSSR count). The first kappa shape index (κ1) is 27.6. The predicted octanol–water partition coefficient (Wildman–Crippen LogP) is 3.51. The van der Waals surface area contributed by atoms with Gasteiger partial charge in [-0.25, -0.2) is 0 Å². The lowest BCUT2D eigenvalue weighted by molar-refractivity contribution is -0.114. The second-order valence-corrected chi connectivity index (χ2v) is 11.0. The van der Waals surface area contributed by atoms with Crippen molar-refractivity contribution in [2.45, 2.75) is 30.7 Å². The van der Waals surface area contributed by atoms with Crippen LogP contribution in [0.1, 0.15) is 24.5 Å².